The van der Waals surface area contributed by atoms with E-state index in [-0.39, 0.29) is 6.17 Å². The molecule has 2 aromatic carbocycles. The summed E-state index contributed by atoms with van der Waals surface area (Å²) in [6, 6.07) is 19.2. The molecular weight excluding hydrogens is 404 g/mol. The van der Waals surface area contributed by atoms with Crippen molar-refractivity contribution in [2.24, 2.45) is 0 Å². The first-order chi connectivity index (χ1) is 15.1. The zero-order chi connectivity index (χ0) is 21.1. The third-order valence-electron chi connectivity index (χ3n) is 5.90. The molecule has 3 aromatic heterocycles. The number of hydrogen-bond acceptors (Lipinski definition) is 5. The molecule has 5 aromatic rings. The fourth-order valence-corrected chi connectivity index (χ4v) is 5.74. The lowest BCUT2D eigenvalue weighted by Gasteiger charge is -2.29. The van der Waals surface area contributed by atoms with E-state index in [4.69, 9.17) is 14.7 Å². The van der Waals surface area contributed by atoms with Crippen LogP contribution in [-0.4, -0.2) is 21.6 Å². The summed E-state index contributed by atoms with van der Waals surface area (Å²) in [7, 11) is 1.74. The Morgan fingerprint density at radius 3 is 2.68 bits per heavy atom. The molecular formula is C25H22N4OS. The predicted molar refractivity (Wildman–Crippen MR) is 127 cm³/mol. The van der Waals surface area contributed by atoms with E-state index in [0.717, 1.165) is 48.9 Å². The van der Waals surface area contributed by atoms with Gasteiger partial charge in [0.15, 0.2) is 5.82 Å². The van der Waals surface area contributed by atoms with E-state index >= 15 is 0 Å². The normalized spacial score (nSPS) is 15.1. The van der Waals surface area contributed by atoms with Crippen molar-refractivity contribution in [2.45, 2.75) is 26.6 Å². The summed E-state index contributed by atoms with van der Waals surface area (Å²) in [6.45, 7) is 4.71. The molecule has 0 spiro atoms. The van der Waals surface area contributed by atoms with Gasteiger partial charge in [-0.3, -0.25) is 4.57 Å². The van der Waals surface area contributed by atoms with Gasteiger partial charge in [0.05, 0.1) is 28.2 Å². The predicted octanol–water partition coefficient (Wildman–Crippen LogP) is 6.05. The average Bonchev–Trinajstić information content (AvgIpc) is 3.32. The maximum Gasteiger partial charge on any atom is 0.155 e. The van der Waals surface area contributed by atoms with Crippen LogP contribution in [0.1, 0.15) is 28.6 Å². The van der Waals surface area contributed by atoms with Crippen LogP contribution >= 0.6 is 11.3 Å². The van der Waals surface area contributed by atoms with Crippen LogP contribution in [0.5, 0.6) is 0 Å². The first-order valence-corrected chi connectivity index (χ1v) is 11.2. The number of aryl methyl sites for hydroxylation is 2. The SMILES string of the molecule is COCc1cc(C)nc2sc3c(c12)NC(c1ccc(C)cc1)n1c-3nc2ccccc21. The van der Waals surface area contributed by atoms with Crippen LogP contribution in [0.15, 0.2) is 54.6 Å². The van der Waals surface area contributed by atoms with Gasteiger partial charge in [-0.15, -0.1) is 11.3 Å². The maximum atomic E-state index is 5.52. The fourth-order valence-electron chi connectivity index (χ4n) is 4.53. The number of ether oxygens (including phenoxy) is 1. The molecule has 1 aliphatic rings. The molecule has 0 saturated carbocycles. The highest BCUT2D eigenvalue weighted by molar-refractivity contribution is 7.22. The number of rotatable bonds is 3. The molecule has 1 N–H and O–H groups in total. The van der Waals surface area contributed by atoms with Gasteiger partial charge in [0.2, 0.25) is 0 Å². The summed E-state index contributed by atoms with van der Waals surface area (Å²) >= 11 is 1.70. The number of anilines is 1. The highest BCUT2D eigenvalue weighted by Gasteiger charge is 2.32. The number of methoxy groups -OCH3 is 1. The van der Waals surface area contributed by atoms with Gasteiger partial charge < -0.3 is 10.1 Å². The quantitative estimate of drug-likeness (QED) is 0.382. The second kappa shape index (κ2) is 6.90. The number of nitrogens with one attached hydrogen (secondary N) is 1. The lowest BCUT2D eigenvalue weighted by Crippen LogP contribution is -2.24. The molecule has 1 unspecified atom stereocenters. The molecule has 0 fully saturated rings. The third-order valence-corrected chi connectivity index (χ3v) is 6.98. The number of imidazole rings is 1. The molecule has 0 amide bonds. The number of fused-ring (bicyclic) bond motifs is 7. The summed E-state index contributed by atoms with van der Waals surface area (Å²) in [6.07, 6.45) is -0.0509. The van der Waals surface area contributed by atoms with E-state index in [2.05, 4.69) is 65.3 Å². The lowest BCUT2D eigenvalue weighted by atomic mass is 10.1. The Balaban J connectivity index is 1.68. The van der Waals surface area contributed by atoms with E-state index in [1.165, 1.54) is 11.1 Å². The molecule has 5 nitrogen and oxygen atoms in total. The Morgan fingerprint density at radius 2 is 1.87 bits per heavy atom. The number of thiophene rings is 1. The Labute approximate surface area is 184 Å². The van der Waals surface area contributed by atoms with E-state index in [0.29, 0.717) is 6.61 Å². The molecule has 1 atom stereocenters. The largest absolute Gasteiger partial charge is 0.380 e. The average molecular weight is 427 g/mol. The van der Waals surface area contributed by atoms with Gasteiger partial charge in [0.1, 0.15) is 11.0 Å². The molecule has 31 heavy (non-hydrogen) atoms. The van der Waals surface area contributed by atoms with Crippen molar-refractivity contribution in [3.63, 3.8) is 0 Å². The maximum absolute atomic E-state index is 5.52. The summed E-state index contributed by atoms with van der Waals surface area (Å²) in [5, 5.41) is 4.99. The van der Waals surface area contributed by atoms with Crippen LogP contribution in [0.3, 0.4) is 0 Å². The monoisotopic (exact) mass is 426 g/mol. The van der Waals surface area contributed by atoms with Crippen LogP contribution in [0.25, 0.3) is 32.0 Å². The number of hydrogen-bond donors (Lipinski definition) is 1. The molecule has 4 heterocycles. The Bertz CT molecular complexity index is 1450. The van der Waals surface area contributed by atoms with E-state index in [9.17, 15) is 0 Å². The molecule has 0 saturated heterocycles. The standard InChI is InChI=1S/C25H22N4OS/c1-14-8-10-16(11-9-14)23-28-21-20-17(13-30-3)12-15(2)26-25(20)31-22(21)24-27-18-6-4-5-7-19(18)29(23)24/h4-12,23,28H,13H2,1-3H3. The zero-order valence-corrected chi connectivity index (χ0v) is 18.5. The van der Waals surface area contributed by atoms with Crippen molar-refractivity contribution in [1.82, 2.24) is 14.5 Å². The van der Waals surface area contributed by atoms with Crippen molar-refractivity contribution >= 4 is 38.3 Å². The van der Waals surface area contributed by atoms with Gasteiger partial charge in [0.25, 0.3) is 0 Å². The van der Waals surface area contributed by atoms with Gasteiger partial charge in [-0.05, 0) is 43.2 Å². The second-order valence-corrected chi connectivity index (χ2v) is 9.09. The van der Waals surface area contributed by atoms with Crippen LogP contribution in [0, 0.1) is 13.8 Å². The molecule has 6 rings (SSSR count). The number of nitrogens with zero attached hydrogens (tertiary/aromatic N) is 3. The van der Waals surface area contributed by atoms with Crippen molar-refractivity contribution in [2.75, 3.05) is 12.4 Å². The van der Waals surface area contributed by atoms with Crippen LogP contribution in [0.2, 0.25) is 0 Å². The van der Waals surface area contributed by atoms with Crippen molar-refractivity contribution in [1.29, 1.82) is 0 Å². The minimum Gasteiger partial charge on any atom is -0.380 e. The molecule has 0 aliphatic carbocycles. The first-order valence-electron chi connectivity index (χ1n) is 10.4. The van der Waals surface area contributed by atoms with E-state index in [1.54, 1.807) is 18.4 Å². The summed E-state index contributed by atoms with van der Waals surface area (Å²) in [5.74, 6) is 0.990. The van der Waals surface area contributed by atoms with Gasteiger partial charge in [-0.25, -0.2) is 9.97 Å². The highest BCUT2D eigenvalue weighted by Crippen LogP contribution is 2.49. The van der Waals surface area contributed by atoms with Gasteiger partial charge in [0, 0.05) is 18.2 Å². The Hall–Kier alpha value is -3.22. The zero-order valence-electron chi connectivity index (χ0n) is 17.6. The number of benzene rings is 2. The molecule has 0 radical (unpaired) electrons. The first kappa shape index (κ1) is 18.5. The summed E-state index contributed by atoms with van der Waals surface area (Å²) < 4.78 is 7.84. The van der Waals surface area contributed by atoms with Gasteiger partial charge >= 0.3 is 0 Å². The fraction of sp³-hybridized carbons (Fsp3) is 0.200. The van der Waals surface area contributed by atoms with E-state index in [1.807, 2.05) is 13.0 Å². The van der Waals surface area contributed by atoms with Gasteiger partial charge in [-0.1, -0.05) is 42.0 Å². The van der Waals surface area contributed by atoms with Crippen molar-refractivity contribution < 1.29 is 4.74 Å². The molecule has 1 aliphatic heterocycles. The van der Waals surface area contributed by atoms with Crippen LogP contribution < -0.4 is 5.32 Å². The van der Waals surface area contributed by atoms with Gasteiger partial charge in [-0.2, -0.15) is 0 Å². The smallest absolute Gasteiger partial charge is 0.155 e. The molecule has 6 heteroatoms. The minimum atomic E-state index is -0.0509. The summed E-state index contributed by atoms with van der Waals surface area (Å²) in [4.78, 5) is 12.1. The topological polar surface area (TPSA) is 52.0 Å². The number of pyridine rings is 1. The van der Waals surface area contributed by atoms with Crippen LogP contribution in [0.4, 0.5) is 5.69 Å². The molecule has 154 valence electrons. The number of para-hydroxylation sites is 2. The third kappa shape index (κ3) is 2.79. The summed E-state index contributed by atoms with van der Waals surface area (Å²) in [5.41, 5.74) is 7.84. The van der Waals surface area contributed by atoms with E-state index < -0.39 is 0 Å². The van der Waals surface area contributed by atoms with Crippen LogP contribution in [-0.2, 0) is 11.3 Å². The molecule has 0 bridgehead atoms. The van der Waals surface area contributed by atoms with Crippen molar-refractivity contribution in [3.8, 4) is 10.7 Å². The van der Waals surface area contributed by atoms with Crippen molar-refractivity contribution in [3.05, 3.63) is 77.0 Å². The Kier molecular flexibility index (Phi) is 4.13. The second-order valence-electron chi connectivity index (χ2n) is 8.09. The minimum absolute atomic E-state index is 0.0509. The number of aromatic nitrogens is 3. The lowest BCUT2D eigenvalue weighted by molar-refractivity contribution is 0.186. The highest BCUT2D eigenvalue weighted by atomic mass is 32.1. The Morgan fingerprint density at radius 1 is 1.06 bits per heavy atom.